The van der Waals surface area contributed by atoms with Crippen LogP contribution in [0.25, 0.3) is 0 Å². The first-order valence-corrected chi connectivity index (χ1v) is 12.0. The summed E-state index contributed by atoms with van der Waals surface area (Å²) < 4.78 is 0. The van der Waals surface area contributed by atoms with Gasteiger partial charge in [-0.15, -0.1) is 0 Å². The molecule has 2 atom stereocenters. The van der Waals surface area contributed by atoms with E-state index < -0.39 is 17.0 Å². The maximum absolute atomic E-state index is 12.5. The molecule has 33 heavy (non-hydrogen) atoms. The molecule has 4 aliphatic rings. The van der Waals surface area contributed by atoms with Gasteiger partial charge >= 0.3 is 5.97 Å². The second kappa shape index (κ2) is 7.07. The van der Waals surface area contributed by atoms with E-state index in [1.54, 1.807) is 4.90 Å². The van der Waals surface area contributed by atoms with Gasteiger partial charge in [-0.05, 0) is 66.7 Å². The number of carbonyl (C=O) groups excluding carboxylic acids is 1. The number of carboxylic acids is 1. The summed E-state index contributed by atoms with van der Waals surface area (Å²) in [5, 5.41) is 24.0. The van der Waals surface area contributed by atoms with Crippen LogP contribution < -0.4 is 5.32 Å². The highest BCUT2D eigenvalue weighted by atomic mass is 16.4. The lowest BCUT2D eigenvalue weighted by Crippen LogP contribution is -2.47. The van der Waals surface area contributed by atoms with Crippen LogP contribution in [0, 0.1) is 5.41 Å². The highest BCUT2D eigenvalue weighted by molar-refractivity contribution is 5.89. The average Bonchev–Trinajstić information content (AvgIpc) is 3.75. The lowest BCUT2D eigenvalue weighted by atomic mass is 9.79. The Morgan fingerprint density at radius 3 is 2.33 bits per heavy atom. The Kier molecular flexibility index (Phi) is 4.44. The average molecular weight is 447 g/mol. The van der Waals surface area contributed by atoms with E-state index in [2.05, 4.69) is 35.6 Å². The number of anilines is 1. The fraction of sp³-hybridized carbons (Fsp3) is 0.481. The van der Waals surface area contributed by atoms with Crippen molar-refractivity contribution in [1.82, 2.24) is 4.90 Å². The number of rotatable bonds is 4. The van der Waals surface area contributed by atoms with Crippen LogP contribution in [0.4, 0.5) is 5.69 Å². The third-order valence-electron chi connectivity index (χ3n) is 8.78. The van der Waals surface area contributed by atoms with Crippen molar-refractivity contribution in [3.63, 3.8) is 0 Å². The van der Waals surface area contributed by atoms with Gasteiger partial charge in [0, 0.05) is 31.2 Å². The summed E-state index contributed by atoms with van der Waals surface area (Å²) >= 11 is 0. The summed E-state index contributed by atoms with van der Waals surface area (Å²) in [5.74, 6) is -0.569. The minimum Gasteiger partial charge on any atom is -0.481 e. The molecule has 2 aromatic rings. The fourth-order valence-electron chi connectivity index (χ4n) is 6.38. The number of amides is 1. The van der Waals surface area contributed by atoms with Crippen LogP contribution in [-0.4, -0.2) is 52.2 Å². The van der Waals surface area contributed by atoms with Crippen molar-refractivity contribution in [1.29, 1.82) is 0 Å². The van der Waals surface area contributed by atoms with Gasteiger partial charge in [0.25, 0.3) is 5.91 Å². The molecule has 3 N–H and O–H groups in total. The maximum Gasteiger partial charge on any atom is 0.314 e. The number of hydrogen-bond acceptors (Lipinski definition) is 4. The Bertz CT molecular complexity index is 1120. The molecule has 3 fully saturated rings. The van der Waals surface area contributed by atoms with Crippen molar-refractivity contribution >= 4 is 17.6 Å². The molecule has 1 unspecified atom stereocenters. The quantitative estimate of drug-likeness (QED) is 0.671. The molecule has 1 spiro atoms. The van der Waals surface area contributed by atoms with E-state index >= 15 is 0 Å². The number of nitrogens with one attached hydrogen (secondary N) is 1. The number of carboxylic acid groups (broad SMARTS) is 1. The summed E-state index contributed by atoms with van der Waals surface area (Å²) in [4.78, 5) is 26.8. The normalized spacial score (nSPS) is 28.5. The molecule has 2 aliphatic heterocycles. The summed E-state index contributed by atoms with van der Waals surface area (Å²) in [7, 11) is 0. The van der Waals surface area contributed by atoms with Gasteiger partial charge in [0.1, 0.15) is 5.60 Å². The third kappa shape index (κ3) is 3.11. The first kappa shape index (κ1) is 20.7. The molecular weight excluding hydrogens is 416 g/mol. The number of para-hydroxylation sites is 1. The van der Waals surface area contributed by atoms with Crippen LogP contribution in [0.5, 0.6) is 0 Å². The second-order valence-electron chi connectivity index (χ2n) is 10.6. The molecule has 2 heterocycles. The number of piperidine rings is 1. The first-order valence-electron chi connectivity index (χ1n) is 12.0. The molecule has 0 aromatic heterocycles. The molecular formula is C27H30N2O4. The summed E-state index contributed by atoms with van der Waals surface area (Å²) in [6.07, 6.45) is 4.03. The van der Waals surface area contributed by atoms with Crippen LogP contribution in [0.2, 0.25) is 0 Å². The van der Waals surface area contributed by atoms with Gasteiger partial charge in [0.2, 0.25) is 0 Å². The highest BCUT2D eigenvalue weighted by Crippen LogP contribution is 2.69. The molecule has 6 rings (SSSR count). The molecule has 0 radical (unpaired) electrons. The Hall–Kier alpha value is -2.86. The molecule has 172 valence electrons. The highest BCUT2D eigenvalue weighted by Gasteiger charge is 2.73. The van der Waals surface area contributed by atoms with Crippen LogP contribution in [0.1, 0.15) is 54.7 Å². The molecule has 2 saturated carbocycles. The van der Waals surface area contributed by atoms with Crippen LogP contribution >= 0.6 is 0 Å². The van der Waals surface area contributed by atoms with E-state index in [0.29, 0.717) is 51.1 Å². The topological polar surface area (TPSA) is 89.9 Å². The zero-order chi connectivity index (χ0) is 22.8. The first-order chi connectivity index (χ1) is 15.9. The lowest BCUT2D eigenvalue weighted by Gasteiger charge is -2.36. The molecule has 2 aliphatic carbocycles. The number of carbonyl (C=O) groups is 2. The number of benzene rings is 2. The summed E-state index contributed by atoms with van der Waals surface area (Å²) in [5.41, 5.74) is 2.32. The van der Waals surface area contributed by atoms with Crippen molar-refractivity contribution in [2.45, 2.75) is 55.5 Å². The standard InChI is InChI=1S/C27H30N2O4/c30-23(26(33)9-10-26)29-13-11-25(12-14-29)17-27(25,24(31)32)21-7-5-18(6-8-21)20-15-19-3-1-2-4-22(19)28-16-20/h1-8,20,28,33H,9-17H2,(H,31,32)/t20?,27-/m0/s1. The monoisotopic (exact) mass is 446 g/mol. The van der Waals surface area contributed by atoms with E-state index in [1.165, 1.54) is 16.8 Å². The Labute approximate surface area is 193 Å². The van der Waals surface area contributed by atoms with Gasteiger partial charge in [-0.25, -0.2) is 0 Å². The zero-order valence-electron chi connectivity index (χ0n) is 18.7. The van der Waals surface area contributed by atoms with Gasteiger partial charge in [-0.1, -0.05) is 42.5 Å². The number of nitrogens with zero attached hydrogens (tertiary/aromatic N) is 1. The largest absolute Gasteiger partial charge is 0.481 e. The zero-order valence-corrected chi connectivity index (χ0v) is 18.7. The Morgan fingerprint density at radius 2 is 1.67 bits per heavy atom. The van der Waals surface area contributed by atoms with Gasteiger partial charge in [-0.2, -0.15) is 0 Å². The molecule has 2 aromatic carbocycles. The van der Waals surface area contributed by atoms with Crippen molar-refractivity contribution < 1.29 is 19.8 Å². The minimum atomic E-state index is -1.15. The van der Waals surface area contributed by atoms with Crippen molar-refractivity contribution in [2.24, 2.45) is 5.41 Å². The molecule has 6 nitrogen and oxygen atoms in total. The molecule has 6 heteroatoms. The van der Waals surface area contributed by atoms with E-state index in [9.17, 15) is 19.8 Å². The van der Waals surface area contributed by atoms with Crippen LogP contribution in [0.15, 0.2) is 48.5 Å². The summed E-state index contributed by atoms with van der Waals surface area (Å²) in [6, 6.07) is 16.6. The van der Waals surface area contributed by atoms with Crippen LogP contribution in [-0.2, 0) is 21.4 Å². The van der Waals surface area contributed by atoms with Crippen molar-refractivity contribution in [2.75, 3.05) is 25.0 Å². The summed E-state index contributed by atoms with van der Waals surface area (Å²) in [6.45, 7) is 1.93. The predicted octanol–water partition coefficient (Wildman–Crippen LogP) is 3.30. The number of aliphatic hydroxyl groups is 1. The fourth-order valence-corrected chi connectivity index (χ4v) is 6.38. The molecule has 0 bridgehead atoms. The number of fused-ring (bicyclic) bond motifs is 1. The lowest BCUT2D eigenvalue weighted by molar-refractivity contribution is -0.145. The number of hydrogen-bond donors (Lipinski definition) is 3. The van der Waals surface area contributed by atoms with Crippen LogP contribution in [0.3, 0.4) is 0 Å². The van der Waals surface area contributed by atoms with E-state index in [4.69, 9.17) is 0 Å². The molecule has 1 saturated heterocycles. The third-order valence-corrected chi connectivity index (χ3v) is 8.78. The maximum atomic E-state index is 12.5. The molecule has 1 amide bonds. The predicted molar refractivity (Wildman–Crippen MR) is 124 cm³/mol. The van der Waals surface area contributed by atoms with Gasteiger partial charge in [-0.3, -0.25) is 9.59 Å². The Balaban J connectivity index is 1.19. The van der Waals surface area contributed by atoms with Crippen molar-refractivity contribution in [3.05, 3.63) is 65.2 Å². The number of aliphatic carboxylic acids is 1. The smallest absolute Gasteiger partial charge is 0.314 e. The second-order valence-corrected chi connectivity index (χ2v) is 10.6. The van der Waals surface area contributed by atoms with Gasteiger partial charge in [0.05, 0.1) is 5.41 Å². The SMILES string of the molecule is O=C(N1CCC2(CC1)C[C@@]2(C(=O)O)c1ccc(C2CNc3ccccc3C2)cc1)C1(O)CC1. The van der Waals surface area contributed by atoms with E-state index in [-0.39, 0.29) is 11.3 Å². The van der Waals surface area contributed by atoms with E-state index in [0.717, 1.165) is 18.5 Å². The minimum absolute atomic E-state index is 0.175. The Morgan fingerprint density at radius 1 is 0.970 bits per heavy atom. The van der Waals surface area contributed by atoms with Gasteiger partial charge in [0.15, 0.2) is 0 Å². The van der Waals surface area contributed by atoms with Crippen molar-refractivity contribution in [3.8, 4) is 0 Å². The van der Waals surface area contributed by atoms with Gasteiger partial charge < -0.3 is 20.4 Å². The number of likely N-dealkylation sites (tertiary alicyclic amines) is 1. The van der Waals surface area contributed by atoms with E-state index in [1.807, 2.05) is 18.2 Å².